The van der Waals surface area contributed by atoms with Crippen LogP contribution in [0.1, 0.15) is 0 Å². The van der Waals surface area contributed by atoms with Crippen LogP contribution in [0.25, 0.3) is 32.6 Å². The quantitative estimate of drug-likeness (QED) is 0.555. The molecule has 4 rings (SSSR count). The summed E-state index contributed by atoms with van der Waals surface area (Å²) < 4.78 is 5.41. The Bertz CT molecular complexity index is 908. The zero-order valence-corrected chi connectivity index (χ0v) is 10.5. The van der Waals surface area contributed by atoms with Gasteiger partial charge in [-0.05, 0) is 29.7 Å². The summed E-state index contributed by atoms with van der Waals surface area (Å²) in [4.78, 5) is 7.63. The number of nitrogens with zero attached hydrogens (tertiary/aromatic N) is 1. The number of methoxy groups -OCH3 is 1. The topological polar surface area (TPSA) is 37.9 Å². The van der Waals surface area contributed by atoms with Gasteiger partial charge in [0.15, 0.2) is 0 Å². The standard InChI is InChI=1S/C16H12N2O/c1-19-15-4-2-3-12-13-7-11-9-17-6-5-10(11)8-14(13)18-16(12)15/h2-9,18H,1H3. The lowest BCUT2D eigenvalue weighted by Gasteiger charge is -2.00. The molecule has 1 N–H and O–H groups in total. The zero-order valence-electron chi connectivity index (χ0n) is 10.5. The molecule has 0 fully saturated rings. The number of hydrogen-bond acceptors (Lipinski definition) is 2. The number of rotatable bonds is 1. The van der Waals surface area contributed by atoms with E-state index in [4.69, 9.17) is 4.74 Å². The van der Waals surface area contributed by atoms with E-state index in [1.54, 1.807) is 7.11 Å². The molecule has 0 spiro atoms. The third kappa shape index (κ3) is 1.41. The fourth-order valence-corrected chi connectivity index (χ4v) is 2.65. The van der Waals surface area contributed by atoms with Crippen molar-refractivity contribution < 1.29 is 4.74 Å². The lowest BCUT2D eigenvalue weighted by Crippen LogP contribution is -1.82. The summed E-state index contributed by atoms with van der Waals surface area (Å²) >= 11 is 0. The molecule has 0 radical (unpaired) electrons. The molecule has 4 aromatic rings. The Balaban J connectivity index is 2.22. The van der Waals surface area contributed by atoms with Crippen molar-refractivity contribution in [2.24, 2.45) is 0 Å². The van der Waals surface area contributed by atoms with E-state index in [0.29, 0.717) is 0 Å². The molecule has 0 saturated heterocycles. The van der Waals surface area contributed by atoms with Crippen LogP contribution in [-0.2, 0) is 0 Å². The number of nitrogens with one attached hydrogen (secondary N) is 1. The second kappa shape index (κ2) is 3.72. The number of ether oxygens (including phenoxy) is 1. The van der Waals surface area contributed by atoms with Crippen molar-refractivity contribution in [3.05, 3.63) is 48.8 Å². The van der Waals surface area contributed by atoms with Gasteiger partial charge < -0.3 is 9.72 Å². The highest BCUT2D eigenvalue weighted by atomic mass is 16.5. The molecular weight excluding hydrogens is 236 g/mol. The maximum absolute atomic E-state index is 5.41. The predicted molar refractivity (Wildman–Crippen MR) is 77.7 cm³/mol. The molecule has 19 heavy (non-hydrogen) atoms. The molecule has 0 atom stereocenters. The highest BCUT2D eigenvalue weighted by Crippen LogP contribution is 2.33. The van der Waals surface area contributed by atoms with E-state index in [1.165, 1.54) is 16.2 Å². The molecule has 0 aliphatic rings. The van der Waals surface area contributed by atoms with Gasteiger partial charge in [0.05, 0.1) is 12.6 Å². The summed E-state index contributed by atoms with van der Waals surface area (Å²) in [6.45, 7) is 0. The Morgan fingerprint density at radius 2 is 2.00 bits per heavy atom. The Labute approximate surface area is 109 Å². The van der Waals surface area contributed by atoms with Crippen LogP contribution in [0, 0.1) is 0 Å². The van der Waals surface area contributed by atoms with Crippen LogP contribution < -0.4 is 4.74 Å². The van der Waals surface area contributed by atoms with E-state index >= 15 is 0 Å². The molecule has 0 aliphatic carbocycles. The molecule has 0 aliphatic heterocycles. The van der Waals surface area contributed by atoms with Crippen molar-refractivity contribution >= 4 is 32.6 Å². The van der Waals surface area contributed by atoms with E-state index in [1.807, 2.05) is 30.6 Å². The molecule has 0 saturated carbocycles. The van der Waals surface area contributed by atoms with Crippen molar-refractivity contribution in [2.45, 2.75) is 0 Å². The fraction of sp³-hybridized carbons (Fsp3) is 0.0625. The largest absolute Gasteiger partial charge is 0.495 e. The molecule has 2 aromatic heterocycles. The van der Waals surface area contributed by atoms with Gasteiger partial charge in [0.25, 0.3) is 0 Å². The Kier molecular flexibility index (Phi) is 2.03. The SMILES string of the molecule is COc1cccc2c1[nH]c1cc3ccncc3cc12. The van der Waals surface area contributed by atoms with Crippen molar-refractivity contribution in [2.75, 3.05) is 7.11 Å². The zero-order chi connectivity index (χ0) is 12.8. The van der Waals surface area contributed by atoms with Crippen LogP contribution in [0.3, 0.4) is 0 Å². The van der Waals surface area contributed by atoms with Gasteiger partial charge in [-0.2, -0.15) is 0 Å². The van der Waals surface area contributed by atoms with Gasteiger partial charge in [0, 0.05) is 34.1 Å². The minimum Gasteiger partial charge on any atom is -0.495 e. The molecular formula is C16H12N2O. The lowest BCUT2D eigenvalue weighted by atomic mass is 10.1. The first-order chi connectivity index (χ1) is 9.36. The molecule has 0 unspecified atom stereocenters. The number of aromatic amines is 1. The Hall–Kier alpha value is -2.55. The van der Waals surface area contributed by atoms with Crippen molar-refractivity contribution in [3.63, 3.8) is 0 Å². The van der Waals surface area contributed by atoms with Crippen molar-refractivity contribution in [1.82, 2.24) is 9.97 Å². The average Bonchev–Trinajstić information content (AvgIpc) is 2.82. The van der Waals surface area contributed by atoms with Gasteiger partial charge in [-0.15, -0.1) is 0 Å². The first kappa shape index (κ1) is 10.4. The second-order valence-corrected chi connectivity index (χ2v) is 4.63. The molecule has 92 valence electrons. The normalized spacial score (nSPS) is 11.4. The van der Waals surface area contributed by atoms with E-state index in [9.17, 15) is 0 Å². The van der Waals surface area contributed by atoms with Crippen molar-refractivity contribution in [3.8, 4) is 5.75 Å². The summed E-state index contributed by atoms with van der Waals surface area (Å²) in [5.41, 5.74) is 2.17. The van der Waals surface area contributed by atoms with E-state index in [2.05, 4.69) is 28.2 Å². The third-order valence-electron chi connectivity index (χ3n) is 3.57. The smallest absolute Gasteiger partial charge is 0.142 e. The predicted octanol–water partition coefficient (Wildman–Crippen LogP) is 3.88. The molecule has 0 bridgehead atoms. The number of hydrogen-bond donors (Lipinski definition) is 1. The lowest BCUT2D eigenvalue weighted by molar-refractivity contribution is 0.419. The van der Waals surface area contributed by atoms with Gasteiger partial charge >= 0.3 is 0 Å². The second-order valence-electron chi connectivity index (χ2n) is 4.63. The summed E-state index contributed by atoms with van der Waals surface area (Å²) in [5.74, 6) is 0.871. The maximum atomic E-state index is 5.41. The minimum absolute atomic E-state index is 0.871. The summed E-state index contributed by atoms with van der Waals surface area (Å²) in [5, 5.41) is 4.72. The van der Waals surface area contributed by atoms with Crippen LogP contribution in [0.15, 0.2) is 48.8 Å². The number of aromatic nitrogens is 2. The minimum atomic E-state index is 0.871. The monoisotopic (exact) mass is 248 g/mol. The van der Waals surface area contributed by atoms with Gasteiger partial charge in [-0.3, -0.25) is 4.98 Å². The Morgan fingerprint density at radius 3 is 2.89 bits per heavy atom. The van der Waals surface area contributed by atoms with Gasteiger partial charge in [-0.1, -0.05) is 12.1 Å². The average molecular weight is 248 g/mol. The summed E-state index contributed by atoms with van der Waals surface area (Å²) in [6.07, 6.45) is 3.71. The molecule has 3 heteroatoms. The van der Waals surface area contributed by atoms with Crippen LogP contribution in [-0.4, -0.2) is 17.1 Å². The molecule has 3 nitrogen and oxygen atoms in total. The maximum Gasteiger partial charge on any atom is 0.142 e. The van der Waals surface area contributed by atoms with E-state index in [-0.39, 0.29) is 0 Å². The molecule has 2 heterocycles. The van der Waals surface area contributed by atoms with Crippen LogP contribution in [0.2, 0.25) is 0 Å². The number of fused-ring (bicyclic) bond motifs is 4. The first-order valence-corrected chi connectivity index (χ1v) is 6.19. The summed E-state index contributed by atoms with van der Waals surface area (Å²) in [7, 11) is 1.70. The van der Waals surface area contributed by atoms with Gasteiger partial charge in [-0.25, -0.2) is 0 Å². The van der Waals surface area contributed by atoms with E-state index in [0.717, 1.165) is 22.2 Å². The number of pyridine rings is 1. The van der Waals surface area contributed by atoms with Gasteiger partial charge in [0.1, 0.15) is 5.75 Å². The van der Waals surface area contributed by atoms with Crippen molar-refractivity contribution in [1.29, 1.82) is 0 Å². The molecule has 2 aromatic carbocycles. The fourth-order valence-electron chi connectivity index (χ4n) is 2.65. The van der Waals surface area contributed by atoms with Crippen LogP contribution in [0.5, 0.6) is 5.75 Å². The van der Waals surface area contributed by atoms with E-state index < -0.39 is 0 Å². The highest BCUT2D eigenvalue weighted by Gasteiger charge is 2.09. The van der Waals surface area contributed by atoms with Crippen LogP contribution >= 0.6 is 0 Å². The number of benzene rings is 2. The summed E-state index contributed by atoms with van der Waals surface area (Å²) in [6, 6.07) is 12.5. The van der Waals surface area contributed by atoms with Crippen LogP contribution in [0.4, 0.5) is 0 Å². The number of H-pyrrole nitrogens is 1. The molecule has 0 amide bonds. The first-order valence-electron chi connectivity index (χ1n) is 6.19. The Morgan fingerprint density at radius 1 is 1.05 bits per heavy atom. The third-order valence-corrected chi connectivity index (χ3v) is 3.57. The number of para-hydroxylation sites is 1. The highest BCUT2D eigenvalue weighted by molar-refractivity contribution is 6.13. The van der Waals surface area contributed by atoms with Gasteiger partial charge in [0.2, 0.25) is 0 Å².